The highest BCUT2D eigenvalue weighted by Crippen LogP contribution is 2.27. The number of ether oxygens (including phenoxy) is 1. The normalized spacial score (nSPS) is 11.9. The van der Waals surface area contributed by atoms with Gasteiger partial charge in [0.05, 0.1) is 17.7 Å². The zero-order chi connectivity index (χ0) is 28.7. The Morgan fingerprint density at radius 2 is 1.56 bits per heavy atom. The molecule has 0 heterocycles. The van der Waals surface area contributed by atoms with Gasteiger partial charge in [0.15, 0.2) is 0 Å². The topological polar surface area (TPSA) is 96.0 Å². The van der Waals surface area contributed by atoms with Crippen molar-refractivity contribution < 1.29 is 22.7 Å². The molecule has 0 spiro atoms. The number of benzene rings is 3. The molecule has 1 N–H and O–H groups in total. The summed E-state index contributed by atoms with van der Waals surface area (Å²) in [5, 5.41) is 2.76. The lowest BCUT2D eigenvalue weighted by Gasteiger charge is -2.32. The molecule has 3 aromatic carbocycles. The minimum atomic E-state index is -4.11. The monoisotopic (exact) mass is 551 g/mol. The molecule has 8 nitrogen and oxygen atoms in total. The molecule has 1 unspecified atom stereocenters. The highest BCUT2D eigenvalue weighted by atomic mass is 32.2. The van der Waals surface area contributed by atoms with Crippen LogP contribution in [0, 0.1) is 20.8 Å². The Hall–Kier alpha value is -3.85. The molecule has 3 aromatic rings. The number of carbonyl (C=O) groups excluding carboxylic acids is 2. The lowest BCUT2D eigenvalue weighted by Crippen LogP contribution is -2.51. The van der Waals surface area contributed by atoms with Gasteiger partial charge in [-0.1, -0.05) is 35.9 Å². The van der Waals surface area contributed by atoms with E-state index in [1.165, 1.54) is 17.0 Å². The number of likely N-dealkylation sites (N-methyl/N-ethyl adjacent to an activating group) is 1. The van der Waals surface area contributed by atoms with Gasteiger partial charge in [0.2, 0.25) is 11.8 Å². The first-order valence-electron chi connectivity index (χ1n) is 12.8. The summed E-state index contributed by atoms with van der Waals surface area (Å²) >= 11 is 0. The predicted molar refractivity (Wildman–Crippen MR) is 153 cm³/mol. The van der Waals surface area contributed by atoms with Crippen LogP contribution < -0.4 is 14.4 Å². The van der Waals surface area contributed by atoms with Gasteiger partial charge in [-0.05, 0) is 87.7 Å². The predicted octanol–water partition coefficient (Wildman–Crippen LogP) is 4.37. The van der Waals surface area contributed by atoms with Crippen LogP contribution in [0.2, 0.25) is 0 Å². The summed E-state index contributed by atoms with van der Waals surface area (Å²) < 4.78 is 34.3. The molecule has 0 fully saturated rings. The Kier molecular flexibility index (Phi) is 9.75. The van der Waals surface area contributed by atoms with E-state index in [-0.39, 0.29) is 17.3 Å². The van der Waals surface area contributed by atoms with Gasteiger partial charge in [-0.15, -0.1) is 0 Å². The quantitative estimate of drug-likeness (QED) is 0.382. The van der Waals surface area contributed by atoms with Crippen molar-refractivity contribution in [2.45, 2.75) is 52.1 Å². The standard InChI is InChI=1S/C30H37N3O5S/c1-7-31-30(35)24(5)32(19-25-9-8-10-27(18-25)38-6)29(34)20-33(26-16-22(3)15-23(4)17-26)39(36,37)28-13-11-21(2)12-14-28/h8-18,24H,7,19-20H2,1-6H3,(H,31,35). The maximum absolute atomic E-state index is 13.9. The van der Waals surface area contributed by atoms with Crippen molar-refractivity contribution in [3.63, 3.8) is 0 Å². The molecule has 0 saturated heterocycles. The van der Waals surface area contributed by atoms with E-state index in [2.05, 4.69) is 5.32 Å². The molecule has 0 radical (unpaired) electrons. The molecule has 208 valence electrons. The Morgan fingerprint density at radius 1 is 0.923 bits per heavy atom. The van der Waals surface area contributed by atoms with Crippen LogP contribution in [0.4, 0.5) is 5.69 Å². The zero-order valence-corrected chi connectivity index (χ0v) is 24.2. The highest BCUT2D eigenvalue weighted by Gasteiger charge is 2.32. The second kappa shape index (κ2) is 12.8. The fourth-order valence-electron chi connectivity index (χ4n) is 4.33. The van der Waals surface area contributed by atoms with E-state index in [0.717, 1.165) is 26.6 Å². The average molecular weight is 552 g/mol. The molecule has 0 saturated carbocycles. The van der Waals surface area contributed by atoms with E-state index in [9.17, 15) is 18.0 Å². The third-order valence-electron chi connectivity index (χ3n) is 6.39. The van der Waals surface area contributed by atoms with E-state index in [4.69, 9.17) is 4.74 Å². The second-order valence-electron chi connectivity index (χ2n) is 9.61. The van der Waals surface area contributed by atoms with Crippen molar-refractivity contribution in [2.24, 2.45) is 0 Å². The molecule has 1 atom stereocenters. The number of hydrogen-bond acceptors (Lipinski definition) is 5. The van der Waals surface area contributed by atoms with E-state index in [0.29, 0.717) is 18.0 Å². The molecule has 0 aliphatic carbocycles. The van der Waals surface area contributed by atoms with E-state index < -0.39 is 28.5 Å². The number of methoxy groups -OCH3 is 1. The van der Waals surface area contributed by atoms with Gasteiger partial charge in [0, 0.05) is 13.1 Å². The van der Waals surface area contributed by atoms with Gasteiger partial charge in [0.25, 0.3) is 10.0 Å². The molecule has 2 amide bonds. The number of nitrogens with zero attached hydrogens (tertiary/aromatic N) is 2. The smallest absolute Gasteiger partial charge is 0.264 e. The van der Waals surface area contributed by atoms with Crippen LogP contribution in [0.25, 0.3) is 0 Å². The number of hydrogen-bond donors (Lipinski definition) is 1. The van der Waals surface area contributed by atoms with Gasteiger partial charge in [0.1, 0.15) is 18.3 Å². The molecule has 0 bridgehead atoms. The van der Waals surface area contributed by atoms with Crippen LogP contribution in [-0.2, 0) is 26.2 Å². The summed E-state index contributed by atoms with van der Waals surface area (Å²) in [5.74, 6) is -0.219. The van der Waals surface area contributed by atoms with Crippen LogP contribution in [0.1, 0.15) is 36.1 Å². The second-order valence-corrected chi connectivity index (χ2v) is 11.5. The maximum atomic E-state index is 13.9. The first kappa shape index (κ1) is 29.7. The summed E-state index contributed by atoms with van der Waals surface area (Å²) in [4.78, 5) is 28.3. The van der Waals surface area contributed by atoms with Crippen LogP contribution in [0.3, 0.4) is 0 Å². The van der Waals surface area contributed by atoms with Crippen molar-refractivity contribution in [1.29, 1.82) is 0 Å². The van der Waals surface area contributed by atoms with E-state index in [1.54, 1.807) is 63.4 Å². The molecule has 0 aliphatic rings. The Balaban J connectivity index is 2.07. The van der Waals surface area contributed by atoms with Crippen molar-refractivity contribution in [2.75, 3.05) is 24.5 Å². The Bertz CT molecular complexity index is 1400. The van der Waals surface area contributed by atoms with E-state index in [1.807, 2.05) is 32.9 Å². The van der Waals surface area contributed by atoms with Crippen molar-refractivity contribution in [1.82, 2.24) is 10.2 Å². The summed E-state index contributed by atoms with van der Waals surface area (Å²) in [6.07, 6.45) is 0. The van der Waals surface area contributed by atoms with Gasteiger partial charge in [-0.3, -0.25) is 13.9 Å². The van der Waals surface area contributed by atoms with Crippen molar-refractivity contribution >= 4 is 27.5 Å². The zero-order valence-electron chi connectivity index (χ0n) is 23.4. The Morgan fingerprint density at radius 3 is 2.15 bits per heavy atom. The van der Waals surface area contributed by atoms with Crippen LogP contribution >= 0.6 is 0 Å². The third-order valence-corrected chi connectivity index (χ3v) is 8.18. The fraction of sp³-hybridized carbons (Fsp3) is 0.333. The number of aryl methyl sites for hydroxylation is 3. The summed E-state index contributed by atoms with van der Waals surface area (Å²) in [6, 6.07) is 18.3. The number of rotatable bonds is 11. The molecular formula is C30H37N3O5S. The first-order valence-corrected chi connectivity index (χ1v) is 14.3. The van der Waals surface area contributed by atoms with Crippen LogP contribution in [-0.4, -0.2) is 51.4 Å². The highest BCUT2D eigenvalue weighted by molar-refractivity contribution is 7.92. The molecular weight excluding hydrogens is 514 g/mol. The van der Waals surface area contributed by atoms with Crippen molar-refractivity contribution in [3.8, 4) is 5.75 Å². The van der Waals surface area contributed by atoms with Gasteiger partial charge < -0.3 is 15.0 Å². The summed E-state index contributed by atoms with van der Waals surface area (Å²) in [7, 11) is -2.55. The number of sulfonamides is 1. The molecule has 0 aromatic heterocycles. The molecule has 3 rings (SSSR count). The molecule has 9 heteroatoms. The van der Waals surface area contributed by atoms with Crippen LogP contribution in [0.5, 0.6) is 5.75 Å². The van der Waals surface area contributed by atoms with E-state index >= 15 is 0 Å². The molecule has 39 heavy (non-hydrogen) atoms. The first-order chi connectivity index (χ1) is 18.5. The van der Waals surface area contributed by atoms with Gasteiger partial charge in [-0.25, -0.2) is 8.42 Å². The van der Waals surface area contributed by atoms with Crippen LogP contribution in [0.15, 0.2) is 71.6 Å². The third kappa shape index (κ3) is 7.38. The Labute approximate surface area is 231 Å². The minimum Gasteiger partial charge on any atom is -0.497 e. The largest absolute Gasteiger partial charge is 0.497 e. The lowest BCUT2D eigenvalue weighted by atomic mass is 10.1. The number of nitrogens with one attached hydrogen (secondary N) is 1. The summed E-state index contributed by atoms with van der Waals surface area (Å²) in [5.41, 5.74) is 3.78. The van der Waals surface area contributed by atoms with Gasteiger partial charge >= 0.3 is 0 Å². The molecule has 0 aliphatic heterocycles. The fourth-order valence-corrected chi connectivity index (χ4v) is 5.73. The maximum Gasteiger partial charge on any atom is 0.264 e. The van der Waals surface area contributed by atoms with Crippen molar-refractivity contribution in [3.05, 3.63) is 89.0 Å². The number of anilines is 1. The average Bonchev–Trinajstić information content (AvgIpc) is 2.89. The lowest BCUT2D eigenvalue weighted by molar-refractivity contribution is -0.139. The number of amides is 2. The van der Waals surface area contributed by atoms with Gasteiger partial charge in [-0.2, -0.15) is 0 Å². The SMILES string of the molecule is CCNC(=O)C(C)N(Cc1cccc(OC)c1)C(=O)CN(c1cc(C)cc(C)c1)S(=O)(=O)c1ccc(C)cc1. The minimum absolute atomic E-state index is 0.0798. The summed E-state index contributed by atoms with van der Waals surface area (Å²) in [6.45, 7) is 9.09. The number of carbonyl (C=O) groups is 2.